The molecule has 7 heteroatoms. The first kappa shape index (κ1) is 23.3. The maximum Gasteiger partial charge on any atom is 0.242 e. The first-order valence-corrected chi connectivity index (χ1v) is 11.5. The molecule has 1 saturated carbocycles. The minimum atomic E-state index is -0.528. The Balaban J connectivity index is 1.50. The second-order valence-electron chi connectivity index (χ2n) is 8.53. The molecular weight excluding hydrogens is 456 g/mol. The number of nitrogens with zero attached hydrogens (tertiary/aromatic N) is 2. The Kier molecular flexibility index (Phi) is 7.70. The van der Waals surface area contributed by atoms with Crippen LogP contribution in [0.1, 0.15) is 43.0 Å². The Labute approximate surface area is 192 Å². The van der Waals surface area contributed by atoms with E-state index in [1.165, 1.54) is 5.56 Å². The average molecular weight is 487 g/mol. The van der Waals surface area contributed by atoms with Crippen LogP contribution in [0.5, 0.6) is 0 Å². The Bertz CT molecular complexity index is 932. The highest BCUT2D eigenvalue weighted by Crippen LogP contribution is 2.34. The maximum atomic E-state index is 13.0. The third-order valence-electron chi connectivity index (χ3n) is 6.31. The number of rotatable bonds is 7. The highest BCUT2D eigenvalue weighted by Gasteiger charge is 2.34. The summed E-state index contributed by atoms with van der Waals surface area (Å²) in [6.45, 7) is 4.00. The molecule has 0 saturated heterocycles. The van der Waals surface area contributed by atoms with Crippen LogP contribution in [0.4, 0.5) is 5.82 Å². The second kappa shape index (κ2) is 10.3. The summed E-state index contributed by atoms with van der Waals surface area (Å²) < 4.78 is 1.08. The Hall–Kier alpha value is -2.41. The molecule has 0 aliphatic heterocycles. The van der Waals surface area contributed by atoms with Gasteiger partial charge in [0, 0.05) is 29.7 Å². The van der Waals surface area contributed by atoms with Crippen LogP contribution in [0.25, 0.3) is 0 Å². The summed E-state index contributed by atoms with van der Waals surface area (Å²) in [6.07, 6.45) is 3.80. The van der Waals surface area contributed by atoms with E-state index in [0.717, 1.165) is 41.4 Å². The van der Waals surface area contributed by atoms with E-state index in [1.807, 2.05) is 13.0 Å². The summed E-state index contributed by atoms with van der Waals surface area (Å²) >= 11 is 3.47. The highest BCUT2D eigenvalue weighted by molar-refractivity contribution is 9.10. The predicted octanol–water partition coefficient (Wildman–Crippen LogP) is 3.86. The Morgan fingerprint density at radius 2 is 1.94 bits per heavy atom. The average Bonchev–Trinajstić information content (AvgIpc) is 3.21. The van der Waals surface area contributed by atoms with E-state index >= 15 is 0 Å². The number of nitrogens with one attached hydrogen (secondary N) is 1. The van der Waals surface area contributed by atoms with Crippen LogP contribution >= 0.6 is 15.9 Å². The zero-order valence-corrected chi connectivity index (χ0v) is 20.0. The van der Waals surface area contributed by atoms with Gasteiger partial charge in [-0.05, 0) is 74.8 Å². The van der Waals surface area contributed by atoms with Crippen molar-refractivity contribution in [3.8, 4) is 0 Å². The lowest BCUT2D eigenvalue weighted by Gasteiger charge is -2.27. The number of benzene rings is 1. The smallest absolute Gasteiger partial charge is 0.242 e. The predicted molar refractivity (Wildman–Crippen MR) is 126 cm³/mol. The molecule has 1 aliphatic carbocycles. The number of aromatic nitrogens is 1. The molecule has 3 atom stereocenters. The third-order valence-corrected chi connectivity index (χ3v) is 6.83. The SMILES string of the molecule is Cc1nc(N)ccc1CNC(=O)[C@H](C)N(C)C(=O)[C@@H]1CC[C@@H](Cc2ccc(Br)cc2)C1. The van der Waals surface area contributed by atoms with Crippen molar-refractivity contribution in [1.29, 1.82) is 0 Å². The summed E-state index contributed by atoms with van der Waals surface area (Å²) in [5.41, 5.74) is 8.68. The van der Waals surface area contributed by atoms with Gasteiger partial charge in [0.2, 0.25) is 11.8 Å². The molecule has 0 spiro atoms. The van der Waals surface area contributed by atoms with Crippen molar-refractivity contribution in [2.75, 3.05) is 12.8 Å². The van der Waals surface area contributed by atoms with Gasteiger partial charge in [-0.2, -0.15) is 0 Å². The Morgan fingerprint density at radius 1 is 1.23 bits per heavy atom. The van der Waals surface area contributed by atoms with Crippen LogP contribution in [-0.2, 0) is 22.6 Å². The number of halogens is 1. The third kappa shape index (κ3) is 6.06. The van der Waals surface area contributed by atoms with Gasteiger partial charge in [-0.3, -0.25) is 9.59 Å². The summed E-state index contributed by atoms with van der Waals surface area (Å²) in [7, 11) is 1.73. The zero-order chi connectivity index (χ0) is 22.5. The van der Waals surface area contributed by atoms with Crippen molar-refractivity contribution in [2.45, 2.75) is 52.1 Å². The van der Waals surface area contributed by atoms with Crippen molar-refractivity contribution in [3.63, 3.8) is 0 Å². The van der Waals surface area contributed by atoms with Crippen LogP contribution in [0.15, 0.2) is 40.9 Å². The van der Waals surface area contributed by atoms with Gasteiger partial charge in [-0.25, -0.2) is 4.98 Å². The number of nitrogen functional groups attached to an aromatic ring is 1. The van der Waals surface area contributed by atoms with Gasteiger partial charge in [-0.15, -0.1) is 0 Å². The van der Waals surface area contributed by atoms with E-state index in [0.29, 0.717) is 18.3 Å². The summed E-state index contributed by atoms with van der Waals surface area (Å²) in [6, 6.07) is 11.4. The molecule has 1 fully saturated rings. The molecule has 31 heavy (non-hydrogen) atoms. The molecule has 1 aromatic heterocycles. The number of amides is 2. The molecule has 2 amide bonds. The zero-order valence-electron chi connectivity index (χ0n) is 18.4. The fourth-order valence-electron chi connectivity index (χ4n) is 4.22. The lowest BCUT2D eigenvalue weighted by atomic mass is 9.96. The normalized spacial score (nSPS) is 19.1. The van der Waals surface area contributed by atoms with Crippen molar-refractivity contribution < 1.29 is 9.59 Å². The summed E-state index contributed by atoms with van der Waals surface area (Å²) in [5.74, 6) is 0.849. The van der Waals surface area contributed by atoms with Crippen LogP contribution in [0, 0.1) is 18.8 Å². The molecule has 166 valence electrons. The minimum absolute atomic E-state index is 0.00996. The van der Waals surface area contributed by atoms with Crippen LogP contribution in [-0.4, -0.2) is 34.8 Å². The highest BCUT2D eigenvalue weighted by atomic mass is 79.9. The quantitative estimate of drug-likeness (QED) is 0.621. The maximum absolute atomic E-state index is 13.0. The van der Waals surface area contributed by atoms with Gasteiger partial charge in [-0.1, -0.05) is 34.1 Å². The number of nitrogens with two attached hydrogens (primary N) is 1. The van der Waals surface area contributed by atoms with E-state index in [2.05, 4.69) is 50.5 Å². The van der Waals surface area contributed by atoms with E-state index in [9.17, 15) is 9.59 Å². The minimum Gasteiger partial charge on any atom is -0.384 e. The molecule has 6 nitrogen and oxygen atoms in total. The molecular formula is C24H31BrN4O2. The standard InChI is InChI=1S/C24H31BrN4O2/c1-15-20(8-11-22(26)28-15)14-27-23(30)16(2)29(3)24(31)19-7-4-18(13-19)12-17-5-9-21(25)10-6-17/h5-6,8-11,16,18-19H,4,7,12-14H2,1-3H3,(H2,26,28)(H,27,30)/t16-,18-,19+/m0/s1. The molecule has 3 N–H and O–H groups in total. The number of carbonyl (C=O) groups is 2. The Morgan fingerprint density at radius 3 is 2.61 bits per heavy atom. The molecule has 1 aliphatic rings. The second-order valence-corrected chi connectivity index (χ2v) is 9.45. The topological polar surface area (TPSA) is 88.3 Å². The summed E-state index contributed by atoms with van der Waals surface area (Å²) in [5, 5.41) is 2.91. The van der Waals surface area contributed by atoms with Gasteiger partial charge in [0.05, 0.1) is 0 Å². The molecule has 2 aromatic rings. The lowest BCUT2D eigenvalue weighted by Crippen LogP contribution is -2.47. The van der Waals surface area contributed by atoms with Crippen molar-refractivity contribution in [2.24, 2.45) is 11.8 Å². The van der Waals surface area contributed by atoms with E-state index in [4.69, 9.17) is 5.73 Å². The number of carbonyl (C=O) groups excluding carboxylic acids is 2. The molecule has 1 aromatic carbocycles. The fraction of sp³-hybridized carbons (Fsp3) is 0.458. The van der Waals surface area contributed by atoms with Gasteiger partial charge < -0.3 is 16.0 Å². The van der Waals surface area contributed by atoms with Gasteiger partial charge in [0.1, 0.15) is 11.9 Å². The van der Waals surface area contributed by atoms with Crippen LogP contribution < -0.4 is 11.1 Å². The largest absolute Gasteiger partial charge is 0.384 e. The fourth-order valence-corrected chi connectivity index (χ4v) is 4.48. The van der Waals surface area contributed by atoms with Crippen molar-refractivity contribution in [1.82, 2.24) is 15.2 Å². The lowest BCUT2D eigenvalue weighted by molar-refractivity contribution is -0.141. The monoisotopic (exact) mass is 486 g/mol. The first-order chi connectivity index (χ1) is 14.7. The van der Waals surface area contributed by atoms with Crippen molar-refractivity contribution >= 4 is 33.6 Å². The molecule has 3 rings (SSSR count). The first-order valence-electron chi connectivity index (χ1n) is 10.8. The molecule has 0 radical (unpaired) electrons. The number of pyridine rings is 1. The number of likely N-dealkylation sites (N-methyl/N-ethyl adjacent to an activating group) is 1. The van der Waals surface area contributed by atoms with E-state index in [1.54, 1.807) is 24.9 Å². The summed E-state index contributed by atoms with van der Waals surface area (Å²) in [4.78, 5) is 31.5. The number of hydrogen-bond acceptors (Lipinski definition) is 4. The molecule has 1 heterocycles. The van der Waals surface area contributed by atoms with Gasteiger partial charge in [0.25, 0.3) is 0 Å². The van der Waals surface area contributed by atoms with Crippen LogP contribution in [0.3, 0.4) is 0 Å². The number of anilines is 1. The molecule has 0 bridgehead atoms. The van der Waals surface area contributed by atoms with E-state index < -0.39 is 6.04 Å². The van der Waals surface area contributed by atoms with Gasteiger partial charge in [0.15, 0.2) is 0 Å². The van der Waals surface area contributed by atoms with Crippen LogP contribution in [0.2, 0.25) is 0 Å². The van der Waals surface area contributed by atoms with E-state index in [-0.39, 0.29) is 17.7 Å². The van der Waals surface area contributed by atoms with Crippen molar-refractivity contribution in [3.05, 3.63) is 57.7 Å². The van der Waals surface area contributed by atoms with Gasteiger partial charge >= 0.3 is 0 Å². The number of hydrogen-bond donors (Lipinski definition) is 2. The number of aryl methyl sites for hydroxylation is 1. The molecule has 0 unspecified atom stereocenters.